The summed E-state index contributed by atoms with van der Waals surface area (Å²) in [7, 11) is 1.92. The summed E-state index contributed by atoms with van der Waals surface area (Å²) < 4.78 is 1.80. The molecular formula is C11H19N3O. The zero-order chi connectivity index (χ0) is 10.7. The minimum Gasteiger partial charge on any atom is -0.394 e. The first-order valence-corrected chi connectivity index (χ1v) is 5.57. The zero-order valence-electron chi connectivity index (χ0n) is 9.24. The second-order valence-electron chi connectivity index (χ2n) is 4.52. The van der Waals surface area contributed by atoms with Gasteiger partial charge in [0.2, 0.25) is 0 Å². The monoisotopic (exact) mass is 209 g/mol. The molecule has 1 aliphatic rings. The maximum atomic E-state index is 9.42. The first-order chi connectivity index (χ1) is 7.24. The lowest BCUT2D eigenvalue weighted by atomic mass is 9.99. The number of aliphatic hydroxyl groups excluding tert-OH is 1. The molecule has 2 rings (SSSR count). The molecular weight excluding hydrogens is 190 g/mol. The molecule has 4 nitrogen and oxygen atoms in total. The normalized spacial score (nSPS) is 19.6. The molecule has 1 saturated carbocycles. The third kappa shape index (κ3) is 2.38. The van der Waals surface area contributed by atoms with Gasteiger partial charge >= 0.3 is 0 Å². The van der Waals surface area contributed by atoms with Gasteiger partial charge in [0.1, 0.15) is 0 Å². The summed E-state index contributed by atoms with van der Waals surface area (Å²) in [5.74, 6) is 0. The number of rotatable bonds is 4. The second-order valence-corrected chi connectivity index (χ2v) is 4.52. The highest BCUT2D eigenvalue weighted by molar-refractivity contribution is 5.05. The molecule has 0 aromatic carbocycles. The Bertz CT molecular complexity index is 315. The van der Waals surface area contributed by atoms with E-state index in [9.17, 15) is 5.11 Å². The van der Waals surface area contributed by atoms with E-state index in [0.717, 1.165) is 19.4 Å². The van der Waals surface area contributed by atoms with Crippen molar-refractivity contribution in [2.24, 2.45) is 7.05 Å². The van der Waals surface area contributed by atoms with Crippen molar-refractivity contribution in [3.05, 3.63) is 18.0 Å². The smallest absolute Gasteiger partial charge is 0.0613 e. The van der Waals surface area contributed by atoms with Crippen molar-refractivity contribution in [2.75, 3.05) is 6.61 Å². The Morgan fingerprint density at radius 3 is 2.80 bits per heavy atom. The van der Waals surface area contributed by atoms with E-state index in [-0.39, 0.29) is 12.1 Å². The van der Waals surface area contributed by atoms with Gasteiger partial charge < -0.3 is 10.4 Å². The fourth-order valence-electron chi connectivity index (χ4n) is 2.30. The third-order valence-corrected chi connectivity index (χ3v) is 3.29. The number of hydrogen-bond donors (Lipinski definition) is 2. The average Bonchev–Trinajstić information content (AvgIpc) is 2.85. The predicted octanol–water partition coefficient (Wildman–Crippen LogP) is 0.815. The van der Waals surface area contributed by atoms with Crippen LogP contribution in [0.15, 0.2) is 12.4 Å². The maximum absolute atomic E-state index is 9.42. The first kappa shape index (κ1) is 10.6. The fraction of sp³-hybridized carbons (Fsp3) is 0.727. The van der Waals surface area contributed by atoms with Crippen molar-refractivity contribution in [3.8, 4) is 0 Å². The molecule has 15 heavy (non-hydrogen) atoms. The molecule has 0 aliphatic heterocycles. The van der Waals surface area contributed by atoms with Crippen LogP contribution in [0.2, 0.25) is 0 Å². The van der Waals surface area contributed by atoms with Crippen LogP contribution in [0.5, 0.6) is 0 Å². The second kappa shape index (κ2) is 4.33. The summed E-state index contributed by atoms with van der Waals surface area (Å²) in [6.07, 6.45) is 8.49. The van der Waals surface area contributed by atoms with Crippen LogP contribution in [0.3, 0.4) is 0 Å². The van der Waals surface area contributed by atoms with Gasteiger partial charge in [-0.05, 0) is 12.8 Å². The fourth-order valence-corrected chi connectivity index (χ4v) is 2.30. The quantitative estimate of drug-likeness (QED) is 0.771. The van der Waals surface area contributed by atoms with Gasteiger partial charge in [-0.15, -0.1) is 0 Å². The van der Waals surface area contributed by atoms with E-state index in [1.807, 2.05) is 19.4 Å². The standard InChI is InChI=1S/C11H19N3O/c1-14-8-10(7-13-14)6-12-11(9-15)4-2-3-5-11/h7-8,12,15H,2-6,9H2,1H3. The Hall–Kier alpha value is -0.870. The molecule has 1 aliphatic carbocycles. The molecule has 0 radical (unpaired) electrons. The van der Waals surface area contributed by atoms with Crippen molar-refractivity contribution in [1.82, 2.24) is 15.1 Å². The van der Waals surface area contributed by atoms with Gasteiger partial charge in [-0.25, -0.2) is 0 Å². The predicted molar refractivity (Wildman–Crippen MR) is 58.3 cm³/mol. The van der Waals surface area contributed by atoms with Crippen LogP contribution in [0.4, 0.5) is 0 Å². The van der Waals surface area contributed by atoms with Crippen molar-refractivity contribution in [2.45, 2.75) is 37.8 Å². The molecule has 1 heterocycles. The highest BCUT2D eigenvalue weighted by Gasteiger charge is 2.32. The molecule has 0 spiro atoms. The largest absolute Gasteiger partial charge is 0.394 e. The van der Waals surface area contributed by atoms with E-state index in [2.05, 4.69) is 10.4 Å². The van der Waals surface area contributed by atoms with E-state index in [4.69, 9.17) is 0 Å². The maximum Gasteiger partial charge on any atom is 0.0613 e. The van der Waals surface area contributed by atoms with Gasteiger partial charge in [0, 0.05) is 30.9 Å². The Balaban J connectivity index is 1.91. The first-order valence-electron chi connectivity index (χ1n) is 5.57. The molecule has 0 unspecified atom stereocenters. The Morgan fingerprint density at radius 1 is 1.53 bits per heavy atom. The molecule has 4 heteroatoms. The van der Waals surface area contributed by atoms with Crippen LogP contribution in [0.25, 0.3) is 0 Å². The van der Waals surface area contributed by atoms with Crippen molar-refractivity contribution in [3.63, 3.8) is 0 Å². The molecule has 0 amide bonds. The van der Waals surface area contributed by atoms with Gasteiger partial charge in [0.15, 0.2) is 0 Å². The number of aliphatic hydroxyl groups is 1. The lowest BCUT2D eigenvalue weighted by Gasteiger charge is -2.27. The van der Waals surface area contributed by atoms with Gasteiger partial charge in [-0.2, -0.15) is 5.10 Å². The molecule has 0 bridgehead atoms. The Morgan fingerprint density at radius 2 is 2.27 bits per heavy atom. The van der Waals surface area contributed by atoms with Crippen molar-refractivity contribution < 1.29 is 5.11 Å². The number of hydrogen-bond acceptors (Lipinski definition) is 3. The molecule has 2 N–H and O–H groups in total. The van der Waals surface area contributed by atoms with Gasteiger partial charge in [0.05, 0.1) is 12.8 Å². The molecule has 1 aromatic rings. The van der Waals surface area contributed by atoms with E-state index in [1.165, 1.54) is 18.4 Å². The third-order valence-electron chi connectivity index (χ3n) is 3.29. The van der Waals surface area contributed by atoms with E-state index < -0.39 is 0 Å². The number of aryl methyl sites for hydroxylation is 1. The zero-order valence-corrected chi connectivity index (χ0v) is 9.24. The summed E-state index contributed by atoms with van der Waals surface area (Å²) in [6.45, 7) is 1.04. The summed E-state index contributed by atoms with van der Waals surface area (Å²) in [5, 5.41) is 17.0. The highest BCUT2D eigenvalue weighted by atomic mass is 16.3. The SMILES string of the molecule is Cn1cc(CNC2(CO)CCCC2)cn1. The van der Waals surface area contributed by atoms with E-state index in [1.54, 1.807) is 4.68 Å². The Kier molecular flexibility index (Phi) is 3.07. The molecule has 1 fully saturated rings. The molecule has 84 valence electrons. The van der Waals surface area contributed by atoms with Crippen molar-refractivity contribution in [1.29, 1.82) is 0 Å². The van der Waals surface area contributed by atoms with Crippen LogP contribution in [-0.2, 0) is 13.6 Å². The van der Waals surface area contributed by atoms with Crippen molar-refractivity contribution >= 4 is 0 Å². The molecule has 0 saturated heterocycles. The number of nitrogens with one attached hydrogen (secondary N) is 1. The highest BCUT2D eigenvalue weighted by Crippen LogP contribution is 2.29. The Labute approximate surface area is 90.3 Å². The number of nitrogens with zero attached hydrogens (tertiary/aromatic N) is 2. The van der Waals surface area contributed by atoms with Crippen LogP contribution >= 0.6 is 0 Å². The lowest BCUT2D eigenvalue weighted by molar-refractivity contribution is 0.163. The minimum atomic E-state index is -0.0319. The van der Waals surface area contributed by atoms with Crippen LogP contribution < -0.4 is 5.32 Å². The topological polar surface area (TPSA) is 50.1 Å². The minimum absolute atomic E-state index is 0.0319. The van der Waals surface area contributed by atoms with E-state index >= 15 is 0 Å². The average molecular weight is 209 g/mol. The summed E-state index contributed by atoms with van der Waals surface area (Å²) >= 11 is 0. The van der Waals surface area contributed by atoms with Crippen LogP contribution in [0, 0.1) is 0 Å². The number of aromatic nitrogens is 2. The van der Waals surface area contributed by atoms with E-state index in [0.29, 0.717) is 0 Å². The summed E-state index contributed by atoms with van der Waals surface area (Å²) in [4.78, 5) is 0. The summed E-state index contributed by atoms with van der Waals surface area (Å²) in [5.41, 5.74) is 1.15. The van der Waals surface area contributed by atoms with Crippen LogP contribution in [0.1, 0.15) is 31.2 Å². The molecule has 0 atom stereocenters. The lowest BCUT2D eigenvalue weighted by Crippen LogP contribution is -2.45. The summed E-state index contributed by atoms with van der Waals surface area (Å²) in [6, 6.07) is 0. The van der Waals surface area contributed by atoms with Gasteiger partial charge in [-0.1, -0.05) is 12.8 Å². The van der Waals surface area contributed by atoms with Gasteiger partial charge in [0.25, 0.3) is 0 Å². The molecule has 1 aromatic heterocycles. The van der Waals surface area contributed by atoms with Gasteiger partial charge in [-0.3, -0.25) is 4.68 Å². The van der Waals surface area contributed by atoms with Crippen LogP contribution in [-0.4, -0.2) is 27.0 Å².